The minimum absolute atomic E-state index is 0.0203. The average Bonchev–Trinajstić information content (AvgIpc) is 3.11. The number of nitrogens with one attached hydrogen (secondary N) is 2. The molecule has 0 bridgehead atoms. The molecule has 0 saturated heterocycles. The molecule has 156 valence electrons. The van der Waals surface area contributed by atoms with E-state index in [2.05, 4.69) is 30.9 Å². The maximum atomic E-state index is 9.66. The first-order valence-electron chi connectivity index (χ1n) is 9.58. The lowest BCUT2D eigenvalue weighted by Crippen LogP contribution is -2.30. The van der Waals surface area contributed by atoms with Crippen LogP contribution in [0.5, 0.6) is 0 Å². The molecule has 29 heavy (non-hydrogen) atoms. The van der Waals surface area contributed by atoms with Crippen LogP contribution in [0.25, 0.3) is 11.2 Å². The van der Waals surface area contributed by atoms with Gasteiger partial charge in [-0.2, -0.15) is 9.97 Å². The van der Waals surface area contributed by atoms with Crippen LogP contribution in [0.2, 0.25) is 5.02 Å². The predicted molar refractivity (Wildman–Crippen MR) is 116 cm³/mol. The first-order chi connectivity index (χ1) is 13.8. The number of aliphatic hydroxyl groups excluding tert-OH is 1. The van der Waals surface area contributed by atoms with Crippen LogP contribution in [0.15, 0.2) is 18.2 Å². The first-order valence-corrected chi connectivity index (χ1v) is 9.96. The Bertz CT molecular complexity index is 988. The van der Waals surface area contributed by atoms with Crippen molar-refractivity contribution in [1.29, 1.82) is 0 Å². The van der Waals surface area contributed by atoms with Gasteiger partial charge in [-0.3, -0.25) is 0 Å². The van der Waals surface area contributed by atoms with Gasteiger partial charge in [0.2, 0.25) is 5.95 Å². The highest BCUT2D eigenvalue weighted by atomic mass is 35.5. The largest absolute Gasteiger partial charge is 0.398 e. The van der Waals surface area contributed by atoms with Gasteiger partial charge in [0.1, 0.15) is 0 Å². The van der Waals surface area contributed by atoms with Crippen LogP contribution < -0.4 is 16.4 Å². The van der Waals surface area contributed by atoms with Crippen LogP contribution in [0.1, 0.15) is 39.3 Å². The summed E-state index contributed by atoms with van der Waals surface area (Å²) in [5, 5.41) is 25.2. The van der Waals surface area contributed by atoms with Crippen molar-refractivity contribution in [3.8, 4) is 0 Å². The van der Waals surface area contributed by atoms with E-state index in [4.69, 9.17) is 17.3 Å². The van der Waals surface area contributed by atoms with Gasteiger partial charge in [-0.05, 0) is 37.5 Å². The van der Waals surface area contributed by atoms with Crippen molar-refractivity contribution in [2.75, 3.05) is 23.0 Å². The monoisotopic (exact) mass is 418 g/mol. The number of nitrogens with two attached hydrogens (primary N) is 1. The maximum absolute atomic E-state index is 9.66. The summed E-state index contributed by atoms with van der Waals surface area (Å²) in [4.78, 5) is 9.18. The Morgan fingerprint density at radius 3 is 2.59 bits per heavy atom. The Morgan fingerprint density at radius 1 is 1.21 bits per heavy atom. The zero-order chi connectivity index (χ0) is 21.1. The molecule has 0 saturated carbocycles. The highest BCUT2D eigenvalue weighted by Gasteiger charge is 2.19. The molecule has 0 fully saturated rings. The third kappa shape index (κ3) is 4.68. The molecule has 2 heterocycles. The second-order valence-electron chi connectivity index (χ2n) is 7.58. The number of fused-ring (bicyclic) bond motifs is 1. The molecule has 0 amide bonds. The molecule has 5 N–H and O–H groups in total. The second-order valence-corrected chi connectivity index (χ2v) is 7.99. The topological polar surface area (TPSA) is 127 Å². The number of aliphatic hydroxyl groups is 1. The lowest BCUT2D eigenvalue weighted by Gasteiger charge is -2.20. The summed E-state index contributed by atoms with van der Waals surface area (Å²) >= 11 is 6.00. The Hall–Kier alpha value is -2.65. The third-order valence-electron chi connectivity index (χ3n) is 4.65. The molecule has 0 aliphatic rings. The number of aromatic nitrogens is 5. The van der Waals surface area contributed by atoms with E-state index in [0.717, 1.165) is 5.56 Å². The number of hydrogen-bond donors (Lipinski definition) is 4. The first kappa shape index (κ1) is 21.1. The average molecular weight is 419 g/mol. The Balaban J connectivity index is 1.96. The van der Waals surface area contributed by atoms with Crippen molar-refractivity contribution in [2.24, 2.45) is 5.92 Å². The summed E-state index contributed by atoms with van der Waals surface area (Å²) in [6, 6.07) is 5.40. The fourth-order valence-corrected chi connectivity index (χ4v) is 2.96. The smallest absolute Gasteiger partial charge is 0.227 e. The molecule has 0 unspecified atom stereocenters. The van der Waals surface area contributed by atoms with E-state index >= 15 is 0 Å². The number of nitrogens with zero attached hydrogens (tertiary/aromatic N) is 5. The fourth-order valence-electron chi connectivity index (χ4n) is 2.84. The molecule has 1 atom stereocenters. The summed E-state index contributed by atoms with van der Waals surface area (Å²) in [6.45, 7) is 8.53. The molecule has 0 aliphatic heterocycles. The fraction of sp³-hybridized carbons (Fsp3) is 0.474. The van der Waals surface area contributed by atoms with Crippen LogP contribution in [0.3, 0.4) is 0 Å². The minimum atomic E-state index is -0.167. The van der Waals surface area contributed by atoms with Crippen molar-refractivity contribution in [1.82, 2.24) is 25.0 Å². The van der Waals surface area contributed by atoms with Gasteiger partial charge in [-0.15, -0.1) is 5.10 Å². The zero-order valence-electron chi connectivity index (χ0n) is 17.0. The summed E-state index contributed by atoms with van der Waals surface area (Å²) < 4.78 is 1.75. The highest BCUT2D eigenvalue weighted by molar-refractivity contribution is 6.33. The van der Waals surface area contributed by atoms with Crippen LogP contribution in [0.4, 0.5) is 17.5 Å². The molecule has 2 aromatic heterocycles. The SMILES string of the molecule is CC(C)[C@H](CO)Nc1nc(NCc2ccc(Cl)c(N)c2)c2nnn(C(C)C)c2n1. The number of anilines is 3. The van der Waals surface area contributed by atoms with Gasteiger partial charge < -0.3 is 21.5 Å². The molecule has 0 aliphatic carbocycles. The zero-order valence-corrected chi connectivity index (χ0v) is 17.8. The lowest BCUT2D eigenvalue weighted by molar-refractivity contribution is 0.248. The van der Waals surface area contributed by atoms with Crippen molar-refractivity contribution in [3.63, 3.8) is 0 Å². The standard InChI is InChI=1S/C19H27ClN8O/c1-10(2)15(9-29)23-19-24-17(16-18(25-19)28(11(3)4)27-26-16)22-8-12-5-6-13(20)14(21)7-12/h5-7,10-11,15,29H,8-9,21H2,1-4H3,(H2,22,23,24,25)/t15-/m0/s1. The van der Waals surface area contributed by atoms with Gasteiger partial charge in [0.15, 0.2) is 17.0 Å². The van der Waals surface area contributed by atoms with E-state index in [1.165, 1.54) is 0 Å². The van der Waals surface area contributed by atoms with E-state index in [9.17, 15) is 5.11 Å². The maximum Gasteiger partial charge on any atom is 0.227 e. The van der Waals surface area contributed by atoms with Gasteiger partial charge in [-0.25, -0.2) is 4.68 Å². The lowest BCUT2D eigenvalue weighted by atomic mass is 10.1. The van der Waals surface area contributed by atoms with E-state index in [-0.39, 0.29) is 24.6 Å². The molecule has 0 radical (unpaired) electrons. The Labute approximate surface area is 174 Å². The third-order valence-corrected chi connectivity index (χ3v) is 4.99. The Kier molecular flexibility index (Phi) is 6.39. The van der Waals surface area contributed by atoms with E-state index in [1.807, 2.05) is 39.8 Å². The van der Waals surface area contributed by atoms with Gasteiger partial charge in [0, 0.05) is 6.54 Å². The summed E-state index contributed by atoms with van der Waals surface area (Å²) in [6.07, 6.45) is 0. The van der Waals surface area contributed by atoms with Gasteiger partial charge in [-0.1, -0.05) is 36.7 Å². The molecule has 3 aromatic rings. The number of nitrogen functional groups attached to an aromatic ring is 1. The van der Waals surface area contributed by atoms with Gasteiger partial charge >= 0.3 is 0 Å². The van der Waals surface area contributed by atoms with Crippen molar-refractivity contribution >= 4 is 40.2 Å². The summed E-state index contributed by atoms with van der Waals surface area (Å²) in [5.41, 5.74) is 8.58. The molecular weight excluding hydrogens is 392 g/mol. The normalized spacial score (nSPS) is 12.7. The Morgan fingerprint density at radius 2 is 1.97 bits per heavy atom. The van der Waals surface area contributed by atoms with E-state index < -0.39 is 0 Å². The van der Waals surface area contributed by atoms with Gasteiger partial charge in [0.05, 0.1) is 29.4 Å². The molecule has 0 spiro atoms. The van der Waals surface area contributed by atoms with Crippen LogP contribution in [-0.2, 0) is 6.54 Å². The molecule has 9 nitrogen and oxygen atoms in total. The molecular formula is C19H27ClN8O. The summed E-state index contributed by atoms with van der Waals surface area (Å²) in [7, 11) is 0. The van der Waals surface area contributed by atoms with E-state index in [1.54, 1.807) is 10.7 Å². The molecule has 10 heteroatoms. The highest BCUT2D eigenvalue weighted by Crippen LogP contribution is 2.24. The minimum Gasteiger partial charge on any atom is -0.398 e. The number of benzene rings is 1. The van der Waals surface area contributed by atoms with Crippen LogP contribution in [0, 0.1) is 5.92 Å². The van der Waals surface area contributed by atoms with Crippen LogP contribution >= 0.6 is 11.6 Å². The van der Waals surface area contributed by atoms with E-state index in [0.29, 0.717) is 40.2 Å². The van der Waals surface area contributed by atoms with Crippen molar-refractivity contribution in [3.05, 3.63) is 28.8 Å². The predicted octanol–water partition coefficient (Wildman–Crippen LogP) is 3.08. The van der Waals surface area contributed by atoms with Gasteiger partial charge in [0.25, 0.3) is 0 Å². The number of hydrogen-bond acceptors (Lipinski definition) is 8. The number of rotatable bonds is 8. The van der Waals surface area contributed by atoms with Crippen LogP contribution in [-0.4, -0.2) is 42.7 Å². The van der Waals surface area contributed by atoms with Crippen molar-refractivity contribution < 1.29 is 5.11 Å². The quantitative estimate of drug-likeness (QED) is 0.411. The summed E-state index contributed by atoms with van der Waals surface area (Å²) in [5.74, 6) is 1.17. The molecule has 1 aromatic carbocycles. The second kappa shape index (κ2) is 8.79. The number of halogens is 1. The van der Waals surface area contributed by atoms with Crippen molar-refractivity contribution in [2.45, 2.75) is 46.3 Å². The molecule has 3 rings (SSSR count).